The Balaban J connectivity index is 3.72. The van der Waals surface area contributed by atoms with Crippen molar-refractivity contribution in [1.82, 2.24) is 5.32 Å². The molecule has 0 aliphatic heterocycles. The Morgan fingerprint density at radius 1 is 0.566 bits per heavy atom. The fraction of sp³-hybridized carbons (Fsp3) is 0.977. The minimum absolute atomic E-state index is 0.0764. The molecule has 0 spiro atoms. The van der Waals surface area contributed by atoms with Crippen molar-refractivity contribution in [1.29, 1.82) is 0 Å². The van der Waals surface area contributed by atoms with Crippen molar-refractivity contribution in [2.45, 2.75) is 238 Å². The summed E-state index contributed by atoms with van der Waals surface area (Å²) in [6.45, 7) is 4.67. The number of rotatable bonds is 42. The highest BCUT2D eigenvalue weighted by atomic mass is 31.2. The van der Waals surface area contributed by atoms with Crippen molar-refractivity contribution in [3.8, 4) is 0 Å². The standard InChI is InChI=1S/C44H91N2O6P/c1-6-8-10-11-12-13-14-15-16-17-18-19-20-21-22-23-24-25-26-27-28-29-30-31-32-33-34-35-36-37-43(47)42(45-44(48)38-9-7-2)41-52-53(49,50)51-40-39-46(3,4)5/h42-43,47H,6-41H2,1-5H3,(H-,45,48,49,50)/p+1. The summed E-state index contributed by atoms with van der Waals surface area (Å²) in [5.74, 6) is -0.177. The second-order valence-electron chi connectivity index (χ2n) is 17.1. The average Bonchev–Trinajstić information content (AvgIpc) is 3.11. The van der Waals surface area contributed by atoms with E-state index in [-0.39, 0.29) is 19.1 Å². The van der Waals surface area contributed by atoms with Crippen LogP contribution in [0.15, 0.2) is 0 Å². The molecule has 0 aromatic heterocycles. The third kappa shape index (κ3) is 39.5. The smallest absolute Gasteiger partial charge is 0.391 e. The molecule has 9 heteroatoms. The number of nitrogens with zero attached hydrogens (tertiary/aromatic N) is 1. The fourth-order valence-corrected chi connectivity index (χ4v) is 7.64. The van der Waals surface area contributed by atoms with Gasteiger partial charge in [-0.15, -0.1) is 0 Å². The first-order valence-corrected chi connectivity index (χ1v) is 24.4. The van der Waals surface area contributed by atoms with Crippen molar-refractivity contribution < 1.29 is 32.9 Å². The summed E-state index contributed by atoms with van der Waals surface area (Å²) in [5.41, 5.74) is 0. The van der Waals surface area contributed by atoms with Crippen LogP contribution in [-0.4, -0.2) is 73.4 Å². The predicted molar refractivity (Wildman–Crippen MR) is 226 cm³/mol. The van der Waals surface area contributed by atoms with E-state index in [2.05, 4.69) is 12.2 Å². The van der Waals surface area contributed by atoms with Crippen LogP contribution in [0.4, 0.5) is 0 Å². The quantitative estimate of drug-likeness (QED) is 0.0324. The normalized spacial score (nSPS) is 14.3. The number of carbonyl (C=O) groups is 1. The lowest BCUT2D eigenvalue weighted by Crippen LogP contribution is -2.46. The number of hydrogen-bond acceptors (Lipinski definition) is 5. The van der Waals surface area contributed by atoms with Gasteiger partial charge in [0.2, 0.25) is 5.91 Å². The third-order valence-electron chi connectivity index (χ3n) is 10.6. The van der Waals surface area contributed by atoms with Crippen LogP contribution in [0.5, 0.6) is 0 Å². The van der Waals surface area contributed by atoms with E-state index in [0.717, 1.165) is 32.1 Å². The van der Waals surface area contributed by atoms with Gasteiger partial charge >= 0.3 is 7.82 Å². The molecule has 0 saturated carbocycles. The van der Waals surface area contributed by atoms with E-state index in [1.165, 1.54) is 167 Å². The first-order chi connectivity index (χ1) is 25.5. The Bertz CT molecular complexity index is 839. The first kappa shape index (κ1) is 52.5. The van der Waals surface area contributed by atoms with Gasteiger partial charge in [0.1, 0.15) is 13.2 Å². The van der Waals surface area contributed by atoms with Gasteiger partial charge in [-0.2, -0.15) is 0 Å². The molecule has 0 heterocycles. The molecule has 318 valence electrons. The Labute approximate surface area is 329 Å². The SMILES string of the molecule is CCCCCCCCCCCCCCCCCCCCCCCCCCCCCCCC(O)C(COP(=O)(O)OCC[N+](C)(C)C)NC(=O)CCCC. The van der Waals surface area contributed by atoms with Crippen LogP contribution in [0.1, 0.15) is 226 Å². The minimum atomic E-state index is -4.28. The zero-order chi connectivity index (χ0) is 39.3. The van der Waals surface area contributed by atoms with Crippen molar-refractivity contribution in [3.63, 3.8) is 0 Å². The number of quaternary nitrogens is 1. The Morgan fingerprint density at radius 2 is 0.906 bits per heavy atom. The van der Waals surface area contributed by atoms with E-state index in [1.54, 1.807) is 0 Å². The van der Waals surface area contributed by atoms with Crippen LogP contribution in [-0.2, 0) is 18.4 Å². The van der Waals surface area contributed by atoms with Gasteiger partial charge in [-0.25, -0.2) is 4.57 Å². The lowest BCUT2D eigenvalue weighted by Gasteiger charge is -2.26. The molecule has 0 aromatic carbocycles. The van der Waals surface area contributed by atoms with Crippen LogP contribution >= 0.6 is 7.82 Å². The van der Waals surface area contributed by atoms with Crippen molar-refractivity contribution in [2.24, 2.45) is 0 Å². The Kier molecular flexibility index (Phi) is 36.7. The summed E-state index contributed by atoms with van der Waals surface area (Å²) in [4.78, 5) is 22.5. The van der Waals surface area contributed by atoms with Crippen LogP contribution in [0.25, 0.3) is 0 Å². The Hall–Kier alpha value is -0.500. The van der Waals surface area contributed by atoms with Crippen LogP contribution in [0.2, 0.25) is 0 Å². The summed E-state index contributed by atoms with van der Waals surface area (Å²) < 4.78 is 23.3. The molecule has 0 aliphatic rings. The number of phosphoric ester groups is 1. The zero-order valence-electron chi connectivity index (χ0n) is 36.0. The van der Waals surface area contributed by atoms with Crippen LogP contribution in [0.3, 0.4) is 0 Å². The molecule has 0 fully saturated rings. The molecule has 0 radical (unpaired) electrons. The Morgan fingerprint density at radius 3 is 1.25 bits per heavy atom. The molecule has 8 nitrogen and oxygen atoms in total. The third-order valence-corrected chi connectivity index (χ3v) is 11.6. The van der Waals surface area contributed by atoms with Crippen molar-refractivity contribution in [2.75, 3.05) is 40.9 Å². The molecule has 3 unspecified atom stereocenters. The molecule has 1 amide bonds. The second-order valence-corrected chi connectivity index (χ2v) is 18.6. The number of hydrogen-bond donors (Lipinski definition) is 3. The molecule has 0 saturated heterocycles. The maximum absolute atomic E-state index is 12.4. The molecule has 0 aliphatic carbocycles. The first-order valence-electron chi connectivity index (χ1n) is 22.9. The molecular weight excluding hydrogens is 683 g/mol. The van der Waals surface area contributed by atoms with Gasteiger partial charge in [-0.1, -0.05) is 206 Å². The van der Waals surface area contributed by atoms with Crippen LogP contribution in [0, 0.1) is 0 Å². The molecule has 0 rings (SSSR count). The molecule has 3 atom stereocenters. The number of likely N-dealkylation sites (N-methyl/N-ethyl adjacent to an activating group) is 1. The van der Waals surface area contributed by atoms with Gasteiger partial charge in [0, 0.05) is 6.42 Å². The second kappa shape index (κ2) is 37.1. The van der Waals surface area contributed by atoms with Crippen LogP contribution < -0.4 is 5.32 Å². The van der Waals surface area contributed by atoms with Gasteiger partial charge in [0.15, 0.2) is 0 Å². The van der Waals surface area contributed by atoms with E-state index >= 15 is 0 Å². The molecule has 0 bridgehead atoms. The van der Waals surface area contributed by atoms with Gasteiger partial charge in [0.05, 0.1) is 39.9 Å². The summed E-state index contributed by atoms with van der Waals surface area (Å²) in [6, 6.07) is -0.749. The number of aliphatic hydroxyl groups is 1. The predicted octanol–water partition coefficient (Wildman–Crippen LogP) is 12.6. The largest absolute Gasteiger partial charge is 0.472 e. The maximum Gasteiger partial charge on any atom is 0.472 e. The topological polar surface area (TPSA) is 105 Å². The minimum Gasteiger partial charge on any atom is -0.391 e. The summed E-state index contributed by atoms with van der Waals surface area (Å²) in [7, 11) is 1.62. The van der Waals surface area contributed by atoms with E-state index in [4.69, 9.17) is 9.05 Å². The summed E-state index contributed by atoms with van der Waals surface area (Å²) >= 11 is 0. The van der Waals surface area contributed by atoms with Gasteiger partial charge in [-0.05, 0) is 12.8 Å². The highest BCUT2D eigenvalue weighted by Crippen LogP contribution is 2.43. The van der Waals surface area contributed by atoms with Gasteiger partial charge < -0.3 is 19.8 Å². The number of phosphoric acid groups is 1. The molecule has 0 aromatic rings. The number of aliphatic hydroxyl groups excluding tert-OH is 1. The monoisotopic (exact) mass is 776 g/mol. The highest BCUT2D eigenvalue weighted by molar-refractivity contribution is 7.47. The van der Waals surface area contributed by atoms with E-state index in [0.29, 0.717) is 23.9 Å². The summed E-state index contributed by atoms with van der Waals surface area (Å²) in [6.07, 6.45) is 41.3. The lowest BCUT2D eigenvalue weighted by atomic mass is 10.0. The van der Waals surface area contributed by atoms with E-state index in [9.17, 15) is 19.4 Å². The average molecular weight is 776 g/mol. The van der Waals surface area contributed by atoms with Gasteiger partial charge in [-0.3, -0.25) is 13.8 Å². The number of unbranched alkanes of at least 4 members (excludes halogenated alkanes) is 29. The van der Waals surface area contributed by atoms with E-state index in [1.807, 2.05) is 28.1 Å². The number of carbonyl (C=O) groups excluding carboxylic acids is 1. The highest BCUT2D eigenvalue weighted by Gasteiger charge is 2.28. The number of amides is 1. The zero-order valence-corrected chi connectivity index (χ0v) is 36.9. The van der Waals surface area contributed by atoms with Gasteiger partial charge in [0.25, 0.3) is 0 Å². The van der Waals surface area contributed by atoms with Crippen molar-refractivity contribution in [3.05, 3.63) is 0 Å². The number of nitrogens with one attached hydrogen (secondary N) is 1. The van der Waals surface area contributed by atoms with Crippen molar-refractivity contribution >= 4 is 13.7 Å². The maximum atomic E-state index is 12.4. The fourth-order valence-electron chi connectivity index (χ4n) is 6.91. The molecule has 3 N–H and O–H groups in total. The molecular formula is C44H92N2O6P+. The molecule has 53 heavy (non-hydrogen) atoms. The lowest BCUT2D eigenvalue weighted by molar-refractivity contribution is -0.870. The van der Waals surface area contributed by atoms with E-state index < -0.39 is 20.0 Å². The summed E-state index contributed by atoms with van der Waals surface area (Å²) in [5, 5.41) is 13.7.